The fourth-order valence-electron chi connectivity index (χ4n) is 3.13. The van der Waals surface area contributed by atoms with E-state index in [1.54, 1.807) is 0 Å². The topological polar surface area (TPSA) is 92.5 Å². The van der Waals surface area contributed by atoms with Gasteiger partial charge in [0.1, 0.15) is 0 Å². The number of nitrogens with one attached hydrogen (secondary N) is 1. The van der Waals surface area contributed by atoms with Crippen LogP contribution >= 0.6 is 0 Å². The molecule has 1 aromatic carbocycles. The van der Waals surface area contributed by atoms with Crippen LogP contribution in [0.15, 0.2) is 29.2 Å². The number of nitrogens with zero attached hydrogens (tertiary/aromatic N) is 2. The average Bonchev–Trinajstić information content (AvgIpc) is 2.94. The Kier molecular flexibility index (Phi) is 3.68. The minimum atomic E-state index is -3.66. The lowest BCUT2D eigenvalue weighted by molar-refractivity contribution is -0.385. The van der Waals surface area contributed by atoms with Crippen molar-refractivity contribution in [2.24, 2.45) is 11.8 Å². The van der Waals surface area contributed by atoms with Gasteiger partial charge in [-0.05, 0) is 37.4 Å². The molecule has 0 spiro atoms. The zero-order valence-electron chi connectivity index (χ0n) is 11.4. The summed E-state index contributed by atoms with van der Waals surface area (Å²) < 4.78 is 26.7. The molecule has 7 nitrogen and oxygen atoms in total. The van der Waals surface area contributed by atoms with Gasteiger partial charge in [-0.25, -0.2) is 8.42 Å². The molecule has 2 aliphatic heterocycles. The normalized spacial score (nSPS) is 26.5. The van der Waals surface area contributed by atoms with Crippen molar-refractivity contribution in [2.75, 3.05) is 26.2 Å². The Morgan fingerprint density at radius 3 is 2.81 bits per heavy atom. The first-order valence-corrected chi connectivity index (χ1v) is 8.38. The maximum atomic E-state index is 12.6. The third kappa shape index (κ3) is 2.66. The zero-order chi connectivity index (χ0) is 15.0. The smallest absolute Gasteiger partial charge is 0.270 e. The Hall–Kier alpha value is -1.51. The van der Waals surface area contributed by atoms with Crippen LogP contribution in [0, 0.1) is 22.0 Å². The van der Waals surface area contributed by atoms with Crippen LogP contribution < -0.4 is 5.32 Å². The van der Waals surface area contributed by atoms with Crippen molar-refractivity contribution in [3.05, 3.63) is 34.4 Å². The number of nitro groups is 1. The minimum Gasteiger partial charge on any atom is -0.316 e. The second-order valence-corrected chi connectivity index (χ2v) is 7.52. The summed E-state index contributed by atoms with van der Waals surface area (Å²) in [5.74, 6) is 0.883. The highest BCUT2D eigenvalue weighted by molar-refractivity contribution is 7.89. The monoisotopic (exact) mass is 311 g/mol. The van der Waals surface area contributed by atoms with E-state index in [2.05, 4.69) is 5.32 Å². The molecule has 114 valence electrons. The van der Waals surface area contributed by atoms with E-state index in [-0.39, 0.29) is 10.6 Å². The number of piperidine rings is 1. The van der Waals surface area contributed by atoms with Crippen molar-refractivity contribution < 1.29 is 13.3 Å². The first-order valence-electron chi connectivity index (χ1n) is 6.94. The first kappa shape index (κ1) is 14.4. The predicted octanol–water partition coefficient (Wildman–Crippen LogP) is 0.825. The fraction of sp³-hybridized carbons (Fsp3) is 0.538. The first-order chi connectivity index (χ1) is 9.98. The van der Waals surface area contributed by atoms with E-state index in [9.17, 15) is 18.5 Å². The Balaban J connectivity index is 1.86. The van der Waals surface area contributed by atoms with E-state index in [0.717, 1.165) is 25.6 Å². The van der Waals surface area contributed by atoms with Gasteiger partial charge in [-0.3, -0.25) is 10.1 Å². The number of non-ortho nitro benzene ring substituents is 1. The van der Waals surface area contributed by atoms with Gasteiger partial charge in [-0.15, -0.1) is 0 Å². The van der Waals surface area contributed by atoms with E-state index in [1.807, 2.05) is 0 Å². The van der Waals surface area contributed by atoms with Gasteiger partial charge in [0.15, 0.2) is 0 Å². The van der Waals surface area contributed by atoms with Crippen LogP contribution in [0.3, 0.4) is 0 Å². The van der Waals surface area contributed by atoms with Crippen molar-refractivity contribution in [3.8, 4) is 0 Å². The van der Waals surface area contributed by atoms with Crippen molar-refractivity contribution in [1.82, 2.24) is 9.62 Å². The molecule has 2 aliphatic rings. The standard InChI is InChI=1S/C13H17N3O4S/c17-16(18)12-2-1-3-13(6-12)21(19,20)15-5-4-10-7-14-8-11(10)9-15/h1-3,6,10-11,14H,4-5,7-9H2. The van der Waals surface area contributed by atoms with Crippen LogP contribution in [0.25, 0.3) is 0 Å². The zero-order valence-corrected chi connectivity index (χ0v) is 12.3. The molecule has 0 radical (unpaired) electrons. The van der Waals surface area contributed by atoms with Gasteiger partial charge < -0.3 is 5.32 Å². The number of rotatable bonds is 3. The van der Waals surface area contributed by atoms with Gasteiger partial charge in [0.05, 0.1) is 9.82 Å². The van der Waals surface area contributed by atoms with Crippen LogP contribution in [0.5, 0.6) is 0 Å². The molecule has 0 aliphatic carbocycles. The molecule has 3 rings (SSSR count). The Labute approximate surface area is 123 Å². The Morgan fingerprint density at radius 1 is 1.29 bits per heavy atom. The van der Waals surface area contributed by atoms with E-state index in [1.165, 1.54) is 22.5 Å². The van der Waals surface area contributed by atoms with Gasteiger partial charge in [-0.2, -0.15) is 4.31 Å². The molecule has 2 saturated heterocycles. The molecule has 0 bridgehead atoms. The van der Waals surface area contributed by atoms with Crippen molar-refractivity contribution in [1.29, 1.82) is 0 Å². The van der Waals surface area contributed by atoms with E-state index >= 15 is 0 Å². The van der Waals surface area contributed by atoms with Crippen molar-refractivity contribution >= 4 is 15.7 Å². The lowest BCUT2D eigenvalue weighted by atomic mass is 9.90. The van der Waals surface area contributed by atoms with Gasteiger partial charge in [0.25, 0.3) is 5.69 Å². The summed E-state index contributed by atoms with van der Waals surface area (Å²) in [6.45, 7) is 2.76. The highest BCUT2D eigenvalue weighted by Crippen LogP contribution is 2.30. The molecular weight excluding hydrogens is 294 g/mol. The summed E-state index contributed by atoms with van der Waals surface area (Å²) in [6.07, 6.45) is 0.839. The van der Waals surface area contributed by atoms with E-state index < -0.39 is 14.9 Å². The molecule has 0 saturated carbocycles. The number of benzene rings is 1. The molecular formula is C13H17N3O4S. The van der Waals surface area contributed by atoms with Gasteiger partial charge >= 0.3 is 0 Å². The number of hydrogen-bond donors (Lipinski definition) is 1. The number of fused-ring (bicyclic) bond motifs is 1. The Bertz CT molecular complexity index is 661. The number of sulfonamides is 1. The van der Waals surface area contributed by atoms with Crippen LogP contribution in [0.1, 0.15) is 6.42 Å². The average molecular weight is 311 g/mol. The SMILES string of the molecule is O=[N+]([O-])c1cccc(S(=O)(=O)N2CCC3CNCC3C2)c1. The van der Waals surface area contributed by atoms with Gasteiger partial charge in [-0.1, -0.05) is 6.07 Å². The van der Waals surface area contributed by atoms with Gasteiger partial charge in [0.2, 0.25) is 10.0 Å². The van der Waals surface area contributed by atoms with Crippen molar-refractivity contribution in [3.63, 3.8) is 0 Å². The molecule has 2 unspecified atom stereocenters. The fourth-order valence-corrected chi connectivity index (χ4v) is 4.68. The maximum Gasteiger partial charge on any atom is 0.270 e. The quantitative estimate of drug-likeness (QED) is 0.659. The van der Waals surface area contributed by atoms with Crippen molar-refractivity contribution in [2.45, 2.75) is 11.3 Å². The minimum absolute atomic E-state index is 0.00102. The maximum absolute atomic E-state index is 12.6. The lowest BCUT2D eigenvalue weighted by Crippen LogP contribution is -2.43. The molecule has 2 fully saturated rings. The van der Waals surface area contributed by atoms with Crippen LogP contribution in [0.4, 0.5) is 5.69 Å². The number of nitro benzene ring substituents is 1. The highest BCUT2D eigenvalue weighted by Gasteiger charge is 2.37. The Morgan fingerprint density at radius 2 is 2.05 bits per heavy atom. The predicted molar refractivity (Wildman–Crippen MR) is 76.3 cm³/mol. The summed E-state index contributed by atoms with van der Waals surface area (Å²) in [4.78, 5) is 10.2. The molecule has 8 heteroatoms. The van der Waals surface area contributed by atoms with Crippen LogP contribution in [-0.2, 0) is 10.0 Å². The summed E-state index contributed by atoms with van der Waals surface area (Å²) in [7, 11) is -3.66. The third-order valence-electron chi connectivity index (χ3n) is 4.33. The van der Waals surface area contributed by atoms with Crippen LogP contribution in [-0.4, -0.2) is 43.8 Å². The highest BCUT2D eigenvalue weighted by atomic mass is 32.2. The lowest BCUT2D eigenvalue weighted by Gasteiger charge is -2.33. The third-order valence-corrected chi connectivity index (χ3v) is 6.19. The summed E-state index contributed by atoms with van der Waals surface area (Å²) in [5, 5.41) is 14.1. The summed E-state index contributed by atoms with van der Waals surface area (Å²) >= 11 is 0. The second-order valence-electron chi connectivity index (χ2n) is 5.58. The van der Waals surface area contributed by atoms with Crippen LogP contribution in [0.2, 0.25) is 0 Å². The molecule has 0 amide bonds. The molecule has 1 aromatic rings. The summed E-state index contributed by atoms with van der Waals surface area (Å²) in [6, 6.07) is 5.26. The van der Waals surface area contributed by atoms with Gasteiger partial charge in [0, 0.05) is 25.2 Å². The molecule has 2 atom stereocenters. The molecule has 1 N–H and O–H groups in total. The second kappa shape index (κ2) is 5.36. The summed E-state index contributed by atoms with van der Waals surface area (Å²) in [5.41, 5.74) is -0.200. The largest absolute Gasteiger partial charge is 0.316 e. The van der Waals surface area contributed by atoms with E-state index in [0.29, 0.717) is 24.9 Å². The van der Waals surface area contributed by atoms with E-state index in [4.69, 9.17) is 0 Å². The molecule has 21 heavy (non-hydrogen) atoms. The number of hydrogen-bond acceptors (Lipinski definition) is 5. The molecule has 2 heterocycles. The molecule has 0 aromatic heterocycles.